The number of rotatable bonds is 6. The van der Waals surface area contributed by atoms with Gasteiger partial charge in [0.1, 0.15) is 11.9 Å². The number of carbonyl (C=O) groups is 1. The van der Waals surface area contributed by atoms with E-state index in [9.17, 15) is 4.79 Å². The number of nitrogens with one attached hydrogen (secondary N) is 1. The Kier molecular flexibility index (Phi) is 5.04. The van der Waals surface area contributed by atoms with Crippen LogP contribution < -0.4 is 10.2 Å². The van der Waals surface area contributed by atoms with Crippen molar-refractivity contribution in [3.05, 3.63) is 83.8 Å². The predicted molar refractivity (Wildman–Crippen MR) is 108 cm³/mol. The number of hydrogen-bond acceptors (Lipinski definition) is 5. The number of carbonyl (C=O) groups excluding carboxylic acids is 1. The van der Waals surface area contributed by atoms with Crippen LogP contribution in [0.15, 0.2) is 71.3 Å². The lowest BCUT2D eigenvalue weighted by atomic mass is 10.0. The zero-order valence-corrected chi connectivity index (χ0v) is 15.7. The fraction of sp³-hybridized carbons (Fsp3) is 0.227. The number of nitrogens with zero attached hydrogens (tertiary/aromatic N) is 2. The molecule has 0 spiro atoms. The third kappa shape index (κ3) is 3.46. The second kappa shape index (κ2) is 7.78. The van der Waals surface area contributed by atoms with Crippen LogP contribution in [0.25, 0.3) is 0 Å². The van der Waals surface area contributed by atoms with E-state index in [2.05, 4.69) is 5.32 Å². The lowest BCUT2D eigenvalue weighted by molar-refractivity contribution is 0.0651. The number of likely N-dealkylation sites (N-methyl/N-ethyl adjacent to an activating group) is 1. The van der Waals surface area contributed by atoms with Crippen molar-refractivity contribution in [2.45, 2.75) is 12.7 Å². The number of hydrogen-bond donors (Lipinski definition) is 2. The Morgan fingerprint density at radius 3 is 2.61 bits per heavy atom. The van der Waals surface area contributed by atoms with E-state index < -0.39 is 0 Å². The highest BCUT2D eigenvalue weighted by atomic mass is 16.3. The van der Waals surface area contributed by atoms with E-state index in [-0.39, 0.29) is 18.7 Å². The van der Waals surface area contributed by atoms with Gasteiger partial charge in [-0.3, -0.25) is 4.79 Å². The first-order chi connectivity index (χ1) is 13.7. The molecule has 1 atom stereocenters. The van der Waals surface area contributed by atoms with Gasteiger partial charge in [-0.25, -0.2) is 0 Å². The molecule has 2 heterocycles. The summed E-state index contributed by atoms with van der Waals surface area (Å²) in [6.07, 6.45) is 1.32. The topological polar surface area (TPSA) is 69.0 Å². The van der Waals surface area contributed by atoms with Crippen LogP contribution in [0.5, 0.6) is 0 Å². The summed E-state index contributed by atoms with van der Waals surface area (Å²) < 4.78 is 5.48. The van der Waals surface area contributed by atoms with Gasteiger partial charge in [-0.2, -0.15) is 0 Å². The molecular weight excluding hydrogens is 354 g/mol. The van der Waals surface area contributed by atoms with E-state index in [1.807, 2.05) is 72.6 Å². The Morgan fingerprint density at radius 2 is 1.89 bits per heavy atom. The van der Waals surface area contributed by atoms with Gasteiger partial charge in [0.25, 0.3) is 5.91 Å². The van der Waals surface area contributed by atoms with Crippen LogP contribution in [0.4, 0.5) is 11.4 Å². The molecule has 0 radical (unpaired) electrons. The molecule has 0 bridgehead atoms. The molecule has 2 aromatic carbocycles. The maximum atomic E-state index is 13.2. The smallest absolute Gasteiger partial charge is 0.258 e. The van der Waals surface area contributed by atoms with Gasteiger partial charge in [0.2, 0.25) is 0 Å². The fourth-order valence-electron chi connectivity index (χ4n) is 3.48. The van der Waals surface area contributed by atoms with E-state index in [1.54, 1.807) is 11.2 Å². The number of aliphatic hydroxyl groups excluding tert-OH is 1. The minimum atomic E-state index is -0.301. The van der Waals surface area contributed by atoms with Gasteiger partial charge in [0.05, 0.1) is 25.0 Å². The third-order valence-corrected chi connectivity index (χ3v) is 5.01. The number of benzene rings is 2. The molecule has 144 valence electrons. The normalized spacial score (nSPS) is 15.9. The summed E-state index contributed by atoms with van der Waals surface area (Å²) in [5.41, 5.74) is 3.48. The Hall–Kier alpha value is -3.25. The fourth-order valence-corrected chi connectivity index (χ4v) is 3.48. The number of anilines is 2. The Labute approximate surface area is 164 Å². The van der Waals surface area contributed by atoms with Gasteiger partial charge >= 0.3 is 0 Å². The summed E-state index contributed by atoms with van der Waals surface area (Å²) >= 11 is 0. The SMILES string of the molecule is CN(CCO)c1ccc([C@@H]2Nc3ccccc3C(=O)N2Cc2ccco2)cc1. The highest BCUT2D eigenvalue weighted by Gasteiger charge is 2.33. The predicted octanol–water partition coefficient (Wildman–Crippen LogP) is 3.47. The number of furan rings is 1. The van der Waals surface area contributed by atoms with Crippen LogP contribution >= 0.6 is 0 Å². The lowest BCUT2D eigenvalue weighted by Gasteiger charge is -2.38. The zero-order chi connectivity index (χ0) is 19.5. The van der Waals surface area contributed by atoms with E-state index in [1.165, 1.54) is 0 Å². The molecule has 0 saturated carbocycles. The highest BCUT2D eigenvalue weighted by molar-refractivity contribution is 6.01. The van der Waals surface area contributed by atoms with Crippen LogP contribution in [0.3, 0.4) is 0 Å². The first-order valence-corrected chi connectivity index (χ1v) is 9.28. The monoisotopic (exact) mass is 377 g/mol. The molecule has 1 amide bonds. The molecule has 1 aromatic heterocycles. The molecule has 0 aliphatic carbocycles. The standard InChI is InChI=1S/C22H23N3O3/c1-24(12-13-26)17-10-8-16(9-11-17)21-23-20-7-3-2-6-19(20)22(27)25(21)15-18-5-4-14-28-18/h2-11,14,21,23,26H,12-13,15H2,1H3/t21-/m1/s1. The summed E-state index contributed by atoms with van der Waals surface area (Å²) in [5, 5.41) is 12.6. The van der Waals surface area contributed by atoms with Crippen molar-refractivity contribution in [1.82, 2.24) is 4.90 Å². The minimum Gasteiger partial charge on any atom is -0.467 e. The molecule has 2 N–H and O–H groups in total. The summed E-state index contributed by atoms with van der Waals surface area (Å²) in [4.78, 5) is 17.0. The molecule has 1 aliphatic heterocycles. The van der Waals surface area contributed by atoms with E-state index in [4.69, 9.17) is 9.52 Å². The van der Waals surface area contributed by atoms with Crippen molar-refractivity contribution in [3.8, 4) is 0 Å². The van der Waals surface area contributed by atoms with Crippen LogP contribution in [0.2, 0.25) is 0 Å². The summed E-state index contributed by atoms with van der Waals surface area (Å²) in [7, 11) is 1.94. The van der Waals surface area contributed by atoms with Gasteiger partial charge in [-0.05, 0) is 42.0 Å². The number of amides is 1. The van der Waals surface area contributed by atoms with Crippen LogP contribution in [0.1, 0.15) is 27.8 Å². The van der Waals surface area contributed by atoms with Crippen molar-refractivity contribution in [2.75, 3.05) is 30.4 Å². The number of fused-ring (bicyclic) bond motifs is 1. The molecule has 3 aromatic rings. The third-order valence-electron chi connectivity index (χ3n) is 5.01. The van der Waals surface area contributed by atoms with E-state index in [0.29, 0.717) is 18.7 Å². The quantitative estimate of drug-likeness (QED) is 0.688. The Bertz CT molecular complexity index is 938. The molecule has 1 aliphatic rings. The van der Waals surface area contributed by atoms with Crippen LogP contribution in [-0.2, 0) is 6.54 Å². The summed E-state index contributed by atoms with van der Waals surface area (Å²) in [5.74, 6) is 0.705. The maximum Gasteiger partial charge on any atom is 0.258 e. The van der Waals surface area contributed by atoms with Crippen molar-refractivity contribution >= 4 is 17.3 Å². The first kappa shape index (κ1) is 18.1. The minimum absolute atomic E-state index is 0.0303. The molecule has 0 saturated heterocycles. The van der Waals surface area contributed by atoms with Crippen LogP contribution in [0, 0.1) is 0 Å². The van der Waals surface area contributed by atoms with Crippen molar-refractivity contribution in [3.63, 3.8) is 0 Å². The van der Waals surface area contributed by atoms with E-state index in [0.717, 1.165) is 22.7 Å². The zero-order valence-electron chi connectivity index (χ0n) is 15.7. The second-order valence-electron chi connectivity index (χ2n) is 6.84. The van der Waals surface area contributed by atoms with Gasteiger partial charge in [-0.15, -0.1) is 0 Å². The largest absolute Gasteiger partial charge is 0.467 e. The molecule has 28 heavy (non-hydrogen) atoms. The Morgan fingerprint density at radius 1 is 1.11 bits per heavy atom. The van der Waals surface area contributed by atoms with E-state index >= 15 is 0 Å². The van der Waals surface area contributed by atoms with Gasteiger partial charge in [-0.1, -0.05) is 24.3 Å². The number of para-hydroxylation sites is 1. The highest BCUT2D eigenvalue weighted by Crippen LogP contribution is 2.34. The molecule has 6 nitrogen and oxygen atoms in total. The average molecular weight is 377 g/mol. The average Bonchev–Trinajstić information content (AvgIpc) is 3.23. The maximum absolute atomic E-state index is 13.2. The van der Waals surface area contributed by atoms with Gasteiger partial charge in [0.15, 0.2) is 0 Å². The molecule has 0 unspecified atom stereocenters. The summed E-state index contributed by atoms with van der Waals surface area (Å²) in [6.45, 7) is 1.05. The van der Waals surface area contributed by atoms with Crippen molar-refractivity contribution < 1.29 is 14.3 Å². The molecular formula is C22H23N3O3. The van der Waals surface area contributed by atoms with Crippen LogP contribution in [-0.4, -0.2) is 36.1 Å². The first-order valence-electron chi connectivity index (χ1n) is 9.28. The molecule has 4 rings (SSSR count). The second-order valence-corrected chi connectivity index (χ2v) is 6.84. The number of aliphatic hydroxyl groups is 1. The summed E-state index contributed by atoms with van der Waals surface area (Å²) in [6, 6.07) is 19.3. The molecule has 6 heteroatoms. The van der Waals surface area contributed by atoms with Crippen molar-refractivity contribution in [2.24, 2.45) is 0 Å². The Balaban J connectivity index is 1.67. The molecule has 0 fully saturated rings. The lowest BCUT2D eigenvalue weighted by Crippen LogP contribution is -2.42. The van der Waals surface area contributed by atoms with Crippen molar-refractivity contribution in [1.29, 1.82) is 0 Å². The van der Waals surface area contributed by atoms with Gasteiger partial charge < -0.3 is 24.6 Å². The van der Waals surface area contributed by atoms with Gasteiger partial charge in [0, 0.05) is 25.0 Å².